The molecular weight excluding hydrogens is 412 g/mol. The van der Waals surface area contributed by atoms with E-state index in [1.807, 2.05) is 12.1 Å². The van der Waals surface area contributed by atoms with Gasteiger partial charge in [-0.15, -0.1) is 0 Å². The van der Waals surface area contributed by atoms with Crippen molar-refractivity contribution < 1.29 is 10.2 Å². The topological polar surface area (TPSA) is 102 Å². The maximum atomic E-state index is 10.3. The Morgan fingerprint density at radius 3 is 2.73 bits per heavy atom. The molecule has 0 fully saturated rings. The summed E-state index contributed by atoms with van der Waals surface area (Å²) >= 11 is 0. The van der Waals surface area contributed by atoms with Crippen molar-refractivity contribution in [2.24, 2.45) is 5.92 Å². The molecule has 0 aliphatic heterocycles. The maximum Gasteiger partial charge on any atom is 0.223 e. The molecule has 1 aliphatic rings. The van der Waals surface area contributed by atoms with E-state index in [1.165, 1.54) is 0 Å². The van der Waals surface area contributed by atoms with Crippen molar-refractivity contribution in [2.45, 2.75) is 51.9 Å². The number of aryl methyl sites for hydroxylation is 1. The van der Waals surface area contributed by atoms with Crippen molar-refractivity contribution in [1.82, 2.24) is 9.97 Å². The summed E-state index contributed by atoms with van der Waals surface area (Å²) in [5.74, 6) is 1.19. The molecular formula is C27H32N4O2. The second kappa shape index (κ2) is 11.9. The zero-order valence-electron chi connectivity index (χ0n) is 19.2. The highest BCUT2D eigenvalue weighted by atomic mass is 16.3. The molecule has 1 atom stereocenters. The third-order valence-corrected chi connectivity index (χ3v) is 5.83. The van der Waals surface area contributed by atoms with E-state index in [4.69, 9.17) is 5.26 Å². The molecule has 0 spiro atoms. The minimum absolute atomic E-state index is 0.0179. The standard InChI is InChI=1S/C27H32N4O2/c1-3-20-15-22(17-23(33)16-20)24-10-8-21(7-5-4-6-13-28)9-11-25(24)26-12-14-29-27(31-26)30-18-19(2)32/h10-12,14-17,21,32-33H,2-9,18H2,1H3,(H,29,30,31)/t21-/m1/s1. The van der Waals surface area contributed by atoms with Crippen LogP contribution in [0.3, 0.4) is 0 Å². The number of benzene rings is 1. The Kier molecular flexibility index (Phi) is 8.65. The van der Waals surface area contributed by atoms with Crippen LogP contribution in [0, 0.1) is 17.2 Å². The fourth-order valence-electron chi connectivity index (χ4n) is 4.08. The molecule has 0 radical (unpaired) electrons. The van der Waals surface area contributed by atoms with E-state index in [9.17, 15) is 10.2 Å². The van der Waals surface area contributed by atoms with Gasteiger partial charge in [0.25, 0.3) is 0 Å². The van der Waals surface area contributed by atoms with Gasteiger partial charge in [-0.2, -0.15) is 5.26 Å². The highest BCUT2D eigenvalue weighted by Crippen LogP contribution is 2.38. The number of anilines is 1. The number of rotatable bonds is 10. The minimum atomic E-state index is 0.0179. The van der Waals surface area contributed by atoms with E-state index in [-0.39, 0.29) is 18.1 Å². The number of hydrogen-bond donors (Lipinski definition) is 3. The molecule has 3 N–H and O–H groups in total. The first-order chi connectivity index (χ1) is 16.0. The van der Waals surface area contributed by atoms with Gasteiger partial charge in [-0.1, -0.05) is 38.1 Å². The monoisotopic (exact) mass is 444 g/mol. The second-order valence-corrected chi connectivity index (χ2v) is 8.40. The lowest BCUT2D eigenvalue weighted by molar-refractivity contribution is 0.410. The number of aromatic nitrogens is 2. The number of nitriles is 1. The van der Waals surface area contributed by atoms with Crippen LogP contribution < -0.4 is 5.32 Å². The molecule has 1 aromatic carbocycles. The predicted molar refractivity (Wildman–Crippen MR) is 133 cm³/mol. The molecule has 172 valence electrons. The summed E-state index contributed by atoms with van der Waals surface area (Å²) in [5.41, 5.74) is 4.90. The Balaban J connectivity index is 1.96. The normalized spacial score (nSPS) is 15.7. The van der Waals surface area contributed by atoms with Crippen molar-refractivity contribution in [3.05, 3.63) is 71.8 Å². The Morgan fingerprint density at radius 2 is 2.00 bits per heavy atom. The smallest absolute Gasteiger partial charge is 0.223 e. The summed E-state index contributed by atoms with van der Waals surface area (Å²) in [7, 11) is 0. The second-order valence-electron chi connectivity index (χ2n) is 8.40. The van der Waals surface area contributed by atoms with E-state index in [1.54, 1.807) is 12.3 Å². The van der Waals surface area contributed by atoms with Crippen LogP contribution in [-0.4, -0.2) is 26.7 Å². The van der Waals surface area contributed by atoms with E-state index < -0.39 is 0 Å². The summed E-state index contributed by atoms with van der Waals surface area (Å²) in [6.45, 7) is 5.75. The van der Waals surface area contributed by atoms with Crippen LogP contribution in [-0.2, 0) is 6.42 Å². The summed E-state index contributed by atoms with van der Waals surface area (Å²) in [6, 6.07) is 9.85. The number of nitrogens with zero attached hydrogens (tertiary/aromatic N) is 3. The Labute approximate surface area is 196 Å². The van der Waals surface area contributed by atoms with Crippen molar-refractivity contribution in [3.63, 3.8) is 0 Å². The van der Waals surface area contributed by atoms with E-state index in [2.05, 4.69) is 53.1 Å². The van der Waals surface area contributed by atoms with Gasteiger partial charge in [-0.3, -0.25) is 0 Å². The molecule has 0 saturated carbocycles. The average molecular weight is 445 g/mol. The zero-order chi connectivity index (χ0) is 23.6. The molecule has 0 unspecified atom stereocenters. The number of hydrogen-bond acceptors (Lipinski definition) is 6. The highest BCUT2D eigenvalue weighted by Gasteiger charge is 2.19. The number of aliphatic hydroxyl groups excluding tert-OH is 1. The first kappa shape index (κ1) is 24.1. The molecule has 2 aromatic rings. The number of phenols is 1. The third-order valence-electron chi connectivity index (χ3n) is 5.83. The number of aromatic hydroxyl groups is 1. The van der Waals surface area contributed by atoms with Gasteiger partial charge in [-0.05, 0) is 72.9 Å². The van der Waals surface area contributed by atoms with Crippen LogP contribution in [0.25, 0.3) is 11.1 Å². The highest BCUT2D eigenvalue weighted by molar-refractivity contribution is 6.04. The fraction of sp³-hybridized carbons (Fsp3) is 0.370. The lowest BCUT2D eigenvalue weighted by Crippen LogP contribution is -2.08. The first-order valence-corrected chi connectivity index (χ1v) is 11.5. The molecule has 3 rings (SSSR count). The number of phenolic OH excluding ortho intramolecular Hbond substituents is 1. The molecule has 0 amide bonds. The predicted octanol–water partition coefficient (Wildman–Crippen LogP) is 6.19. The van der Waals surface area contributed by atoms with Gasteiger partial charge >= 0.3 is 0 Å². The van der Waals surface area contributed by atoms with Crippen LogP contribution in [0.4, 0.5) is 5.95 Å². The summed E-state index contributed by atoms with van der Waals surface area (Å²) < 4.78 is 0. The van der Waals surface area contributed by atoms with Gasteiger partial charge in [0.15, 0.2) is 0 Å². The Bertz CT molecular complexity index is 1080. The van der Waals surface area contributed by atoms with Crippen LogP contribution in [0.1, 0.15) is 62.3 Å². The van der Waals surface area contributed by atoms with Gasteiger partial charge in [0.2, 0.25) is 5.95 Å². The van der Waals surface area contributed by atoms with Gasteiger partial charge < -0.3 is 15.5 Å². The number of allylic oxidation sites excluding steroid dienone is 4. The summed E-state index contributed by atoms with van der Waals surface area (Å²) in [4.78, 5) is 8.93. The molecule has 1 heterocycles. The third kappa shape index (κ3) is 6.95. The van der Waals surface area contributed by atoms with E-state index in [0.717, 1.165) is 66.5 Å². The number of unbranched alkanes of at least 4 members (excludes halogenated alkanes) is 2. The quantitative estimate of drug-likeness (QED) is 0.298. The van der Waals surface area contributed by atoms with Gasteiger partial charge in [0.05, 0.1) is 18.3 Å². The number of aliphatic hydroxyl groups is 1. The van der Waals surface area contributed by atoms with Gasteiger partial charge in [-0.25, -0.2) is 9.97 Å². The van der Waals surface area contributed by atoms with E-state index in [0.29, 0.717) is 18.3 Å². The lowest BCUT2D eigenvalue weighted by Gasteiger charge is -2.14. The van der Waals surface area contributed by atoms with Crippen LogP contribution >= 0.6 is 0 Å². The molecule has 0 saturated heterocycles. The Hall–Kier alpha value is -3.59. The van der Waals surface area contributed by atoms with Crippen molar-refractivity contribution in [2.75, 3.05) is 11.9 Å². The lowest BCUT2D eigenvalue weighted by atomic mass is 9.93. The van der Waals surface area contributed by atoms with Crippen molar-refractivity contribution in [3.8, 4) is 11.8 Å². The van der Waals surface area contributed by atoms with Crippen molar-refractivity contribution >= 4 is 17.1 Å². The Morgan fingerprint density at radius 1 is 1.21 bits per heavy atom. The summed E-state index contributed by atoms with van der Waals surface area (Å²) in [6.07, 6.45) is 12.5. The summed E-state index contributed by atoms with van der Waals surface area (Å²) in [5, 5.41) is 31.5. The maximum absolute atomic E-state index is 10.3. The molecule has 6 heteroatoms. The zero-order valence-corrected chi connectivity index (χ0v) is 19.2. The molecule has 1 aromatic heterocycles. The molecule has 6 nitrogen and oxygen atoms in total. The van der Waals surface area contributed by atoms with Gasteiger partial charge in [0.1, 0.15) is 11.5 Å². The molecule has 33 heavy (non-hydrogen) atoms. The van der Waals surface area contributed by atoms with Gasteiger partial charge in [0, 0.05) is 18.2 Å². The molecule has 0 bridgehead atoms. The van der Waals surface area contributed by atoms with Crippen LogP contribution in [0.5, 0.6) is 5.75 Å². The first-order valence-electron chi connectivity index (χ1n) is 11.5. The van der Waals surface area contributed by atoms with Crippen molar-refractivity contribution in [1.29, 1.82) is 5.26 Å². The fourth-order valence-corrected chi connectivity index (χ4v) is 4.08. The SMILES string of the molecule is C=C(O)CNc1nccc(C2=CC[C@H](CCCCC#N)CC=C2c2cc(O)cc(CC)c2)n1. The van der Waals surface area contributed by atoms with E-state index >= 15 is 0 Å². The van der Waals surface area contributed by atoms with Crippen LogP contribution in [0.15, 0.2) is 55.0 Å². The molecule has 1 aliphatic carbocycles. The minimum Gasteiger partial charge on any atom is -0.511 e. The van der Waals surface area contributed by atoms with Crippen LogP contribution in [0.2, 0.25) is 0 Å². The average Bonchev–Trinajstić information content (AvgIpc) is 3.03. The largest absolute Gasteiger partial charge is 0.511 e. The number of nitrogens with one attached hydrogen (secondary N) is 1.